The average Bonchev–Trinajstić information content (AvgIpc) is 2.96. The number of carbonyl (C=O) groups excluding carboxylic acids is 2. The molecule has 0 aliphatic carbocycles. The highest BCUT2D eigenvalue weighted by Crippen LogP contribution is 2.25. The second kappa shape index (κ2) is 7.26. The molecule has 0 aromatic heterocycles. The van der Waals surface area contributed by atoms with Gasteiger partial charge in [0.2, 0.25) is 0 Å². The van der Waals surface area contributed by atoms with Gasteiger partial charge in [-0.2, -0.15) is 5.10 Å². The Kier molecular flexibility index (Phi) is 5.13. The van der Waals surface area contributed by atoms with E-state index in [-0.39, 0.29) is 12.1 Å². The molecule has 7 nitrogen and oxygen atoms in total. The number of hydrazone groups is 1. The van der Waals surface area contributed by atoms with Crippen molar-refractivity contribution in [1.29, 1.82) is 0 Å². The Balaban J connectivity index is 1.94. The lowest BCUT2D eigenvalue weighted by atomic mass is 10.1. The summed E-state index contributed by atoms with van der Waals surface area (Å²) in [6.07, 6.45) is 3.77. The second-order valence-corrected chi connectivity index (χ2v) is 4.51. The normalized spacial score (nSPS) is 17.0. The van der Waals surface area contributed by atoms with Crippen molar-refractivity contribution in [2.24, 2.45) is 10.8 Å². The minimum Gasteiger partial charge on any atom is -0.484 e. The van der Waals surface area contributed by atoms with Crippen molar-refractivity contribution in [3.05, 3.63) is 41.5 Å². The van der Waals surface area contributed by atoms with Gasteiger partial charge in [-0.1, -0.05) is 12.1 Å². The van der Waals surface area contributed by atoms with Crippen molar-refractivity contribution in [2.75, 3.05) is 6.61 Å². The van der Waals surface area contributed by atoms with E-state index in [4.69, 9.17) is 15.2 Å². The lowest BCUT2D eigenvalue weighted by Gasteiger charge is -2.09. The van der Waals surface area contributed by atoms with Gasteiger partial charge in [0.25, 0.3) is 0 Å². The van der Waals surface area contributed by atoms with E-state index in [2.05, 4.69) is 10.5 Å². The lowest BCUT2D eigenvalue weighted by Crippen LogP contribution is -2.25. The van der Waals surface area contributed by atoms with Gasteiger partial charge in [-0.25, -0.2) is 15.0 Å². The zero-order valence-electron chi connectivity index (χ0n) is 12.1. The van der Waals surface area contributed by atoms with E-state index in [1.54, 1.807) is 31.2 Å². The molecule has 0 saturated carbocycles. The third-order valence-electron chi connectivity index (χ3n) is 2.91. The molecule has 116 valence electrons. The fourth-order valence-electron chi connectivity index (χ4n) is 1.93. The Morgan fingerprint density at radius 3 is 2.82 bits per heavy atom. The minimum absolute atomic E-state index is 0.258. The largest absolute Gasteiger partial charge is 0.484 e. The van der Waals surface area contributed by atoms with Crippen LogP contribution in [-0.4, -0.2) is 30.9 Å². The van der Waals surface area contributed by atoms with Crippen LogP contribution in [0, 0.1) is 0 Å². The smallest absolute Gasteiger partial charge is 0.338 e. The van der Waals surface area contributed by atoms with Crippen LogP contribution in [0.4, 0.5) is 4.79 Å². The molecule has 1 aromatic rings. The van der Waals surface area contributed by atoms with Crippen molar-refractivity contribution in [3.63, 3.8) is 0 Å². The van der Waals surface area contributed by atoms with Gasteiger partial charge in [0.1, 0.15) is 11.9 Å². The molecule has 3 N–H and O–H groups in total. The predicted octanol–water partition coefficient (Wildman–Crippen LogP) is 1.65. The average molecular weight is 303 g/mol. The first-order valence-corrected chi connectivity index (χ1v) is 6.83. The van der Waals surface area contributed by atoms with Crippen molar-refractivity contribution in [3.8, 4) is 0 Å². The fourth-order valence-corrected chi connectivity index (χ4v) is 1.93. The summed E-state index contributed by atoms with van der Waals surface area (Å²) in [4.78, 5) is 22.1. The van der Waals surface area contributed by atoms with E-state index in [0.29, 0.717) is 24.4 Å². The molecule has 1 unspecified atom stereocenters. The third kappa shape index (κ3) is 4.08. The molecule has 0 spiro atoms. The second-order valence-electron chi connectivity index (χ2n) is 4.51. The maximum Gasteiger partial charge on any atom is 0.338 e. The van der Waals surface area contributed by atoms with Crippen LogP contribution in [0.3, 0.4) is 0 Å². The highest BCUT2D eigenvalue weighted by atomic mass is 16.5. The Bertz CT molecular complexity index is 608. The van der Waals surface area contributed by atoms with E-state index >= 15 is 0 Å². The molecule has 1 aliphatic rings. The van der Waals surface area contributed by atoms with Crippen LogP contribution in [0.2, 0.25) is 0 Å². The van der Waals surface area contributed by atoms with E-state index in [1.165, 1.54) is 6.21 Å². The first-order chi connectivity index (χ1) is 10.6. The zero-order valence-corrected chi connectivity index (χ0v) is 12.1. The van der Waals surface area contributed by atoms with E-state index < -0.39 is 6.03 Å². The number of amides is 2. The Morgan fingerprint density at radius 1 is 1.45 bits per heavy atom. The molecule has 0 saturated heterocycles. The highest BCUT2D eigenvalue weighted by Gasteiger charge is 2.18. The molecule has 0 radical (unpaired) electrons. The van der Waals surface area contributed by atoms with Crippen LogP contribution in [-0.2, 0) is 9.47 Å². The van der Waals surface area contributed by atoms with Crippen LogP contribution in [0.15, 0.2) is 35.4 Å². The maximum atomic E-state index is 11.6. The van der Waals surface area contributed by atoms with Gasteiger partial charge in [0.15, 0.2) is 0 Å². The Hall–Kier alpha value is -2.83. The van der Waals surface area contributed by atoms with Crippen molar-refractivity contribution >= 4 is 24.0 Å². The number of esters is 1. The number of urea groups is 1. The molecular weight excluding hydrogens is 286 g/mol. The molecule has 1 aromatic carbocycles. The van der Waals surface area contributed by atoms with Gasteiger partial charge >= 0.3 is 12.0 Å². The molecule has 7 heteroatoms. The number of primary amides is 1. The predicted molar refractivity (Wildman–Crippen MR) is 81.1 cm³/mol. The van der Waals surface area contributed by atoms with E-state index in [1.807, 2.05) is 6.08 Å². The van der Waals surface area contributed by atoms with Crippen molar-refractivity contribution < 1.29 is 19.1 Å². The monoisotopic (exact) mass is 303 g/mol. The number of nitrogens with one attached hydrogen (secondary N) is 1. The molecule has 22 heavy (non-hydrogen) atoms. The molecule has 1 atom stereocenters. The summed E-state index contributed by atoms with van der Waals surface area (Å²) >= 11 is 0. The minimum atomic E-state index is -0.725. The summed E-state index contributed by atoms with van der Waals surface area (Å²) in [6, 6.07) is 6.23. The highest BCUT2D eigenvalue weighted by molar-refractivity contribution is 5.89. The number of carbonyl (C=O) groups is 2. The van der Waals surface area contributed by atoms with Gasteiger partial charge in [0.05, 0.1) is 18.4 Å². The van der Waals surface area contributed by atoms with Gasteiger partial charge < -0.3 is 15.2 Å². The van der Waals surface area contributed by atoms with E-state index in [9.17, 15) is 9.59 Å². The quantitative estimate of drug-likeness (QED) is 0.490. The fraction of sp³-hybridized carbons (Fsp3) is 0.267. The van der Waals surface area contributed by atoms with Crippen LogP contribution in [0.1, 0.15) is 29.3 Å². The number of rotatable bonds is 5. The zero-order chi connectivity index (χ0) is 15.9. The van der Waals surface area contributed by atoms with Crippen LogP contribution in [0.5, 0.6) is 0 Å². The van der Waals surface area contributed by atoms with Crippen LogP contribution < -0.4 is 11.2 Å². The van der Waals surface area contributed by atoms with Gasteiger partial charge in [0, 0.05) is 12.0 Å². The summed E-state index contributed by atoms with van der Waals surface area (Å²) in [5.41, 5.74) is 8.36. The van der Waals surface area contributed by atoms with Crippen LogP contribution >= 0.6 is 0 Å². The number of hydrogen-bond acceptors (Lipinski definition) is 5. The molecule has 0 bridgehead atoms. The topological polar surface area (TPSA) is 103 Å². The van der Waals surface area contributed by atoms with Gasteiger partial charge in [-0.05, 0) is 25.1 Å². The van der Waals surface area contributed by atoms with Crippen molar-refractivity contribution in [1.82, 2.24) is 5.43 Å². The molecular formula is C15H17N3O4. The first-order valence-electron chi connectivity index (χ1n) is 6.83. The molecule has 2 rings (SSSR count). The molecule has 2 amide bonds. The van der Waals surface area contributed by atoms with E-state index in [0.717, 1.165) is 5.56 Å². The Morgan fingerprint density at radius 2 is 2.18 bits per heavy atom. The van der Waals surface area contributed by atoms with Gasteiger partial charge in [-0.15, -0.1) is 0 Å². The number of benzene rings is 1. The maximum absolute atomic E-state index is 11.6. The number of ether oxygens (including phenoxy) is 2. The Labute approximate surface area is 127 Å². The summed E-state index contributed by atoms with van der Waals surface area (Å²) in [5, 5.41) is 3.67. The van der Waals surface area contributed by atoms with Crippen molar-refractivity contribution in [2.45, 2.75) is 19.4 Å². The van der Waals surface area contributed by atoms with Crippen LogP contribution in [0.25, 0.3) is 5.76 Å². The lowest BCUT2D eigenvalue weighted by molar-refractivity contribution is 0.0526. The number of nitrogens with zero attached hydrogens (tertiary/aromatic N) is 1. The standard InChI is InChI=1S/C15H17N3O4/c1-2-21-14(19)11-5-3-10(4-6-11)13-8-7-12(22-13)9-17-18-15(16)20/h3-6,8-9,12H,2,7H2,1H3,(H3,16,18,20)/b17-9+. The first kappa shape index (κ1) is 15.6. The SMILES string of the molecule is CCOC(=O)c1ccc(C2=CCC(/C=N/NC(N)=O)O2)cc1. The number of nitrogens with two attached hydrogens (primary N) is 1. The van der Waals surface area contributed by atoms with Gasteiger partial charge in [-0.3, -0.25) is 0 Å². The summed E-state index contributed by atoms with van der Waals surface area (Å²) in [5.74, 6) is 0.351. The molecule has 1 heterocycles. The molecule has 1 aliphatic heterocycles. The summed E-state index contributed by atoms with van der Waals surface area (Å²) < 4.78 is 10.6. The molecule has 0 fully saturated rings. The summed E-state index contributed by atoms with van der Waals surface area (Å²) in [7, 11) is 0. The third-order valence-corrected chi connectivity index (χ3v) is 2.91. The summed E-state index contributed by atoms with van der Waals surface area (Å²) in [6.45, 7) is 2.10. The number of hydrogen-bond donors (Lipinski definition) is 2.